The van der Waals surface area contributed by atoms with E-state index in [2.05, 4.69) is 15.3 Å². The van der Waals surface area contributed by atoms with Crippen molar-refractivity contribution in [3.8, 4) is 5.69 Å². The number of carbonyl (C=O) groups is 1. The van der Waals surface area contributed by atoms with Gasteiger partial charge in [0.2, 0.25) is 0 Å². The van der Waals surface area contributed by atoms with E-state index in [9.17, 15) is 4.79 Å². The molecule has 1 unspecified atom stereocenters. The van der Waals surface area contributed by atoms with Crippen LogP contribution in [0.5, 0.6) is 0 Å². The van der Waals surface area contributed by atoms with E-state index in [1.165, 1.54) is 0 Å². The zero-order valence-corrected chi connectivity index (χ0v) is 14.5. The highest BCUT2D eigenvalue weighted by atomic mass is 16.5. The maximum atomic E-state index is 12.4. The Morgan fingerprint density at radius 3 is 2.88 bits per heavy atom. The summed E-state index contributed by atoms with van der Waals surface area (Å²) in [6, 6.07) is 10.0. The molecule has 1 fully saturated rings. The smallest absolute Gasteiger partial charge is 0.250 e. The summed E-state index contributed by atoms with van der Waals surface area (Å²) in [5.41, 5.74) is 4.07. The van der Waals surface area contributed by atoms with Crippen LogP contribution in [0.15, 0.2) is 30.3 Å². The standard InChI is InChI=1S/C18H24N4O2/c1-13-10-14(2)22(20-13)16-7-5-4-6-15(16)11-19-18(23)17-12-21(3)8-9-24-17/h4-7,10,17H,8-9,11-12H2,1-3H3,(H,19,23). The van der Waals surface area contributed by atoms with Gasteiger partial charge in [-0.05, 0) is 38.6 Å². The van der Waals surface area contributed by atoms with Crippen molar-refractivity contribution in [2.75, 3.05) is 26.7 Å². The number of benzene rings is 1. The second kappa shape index (κ2) is 7.15. The van der Waals surface area contributed by atoms with Gasteiger partial charge >= 0.3 is 0 Å². The molecule has 1 amide bonds. The second-order valence-electron chi connectivity index (χ2n) is 6.31. The third-order valence-electron chi connectivity index (χ3n) is 4.24. The van der Waals surface area contributed by atoms with Gasteiger partial charge in [0.25, 0.3) is 5.91 Å². The van der Waals surface area contributed by atoms with E-state index in [0.29, 0.717) is 19.7 Å². The molecule has 0 saturated carbocycles. The van der Waals surface area contributed by atoms with E-state index in [0.717, 1.165) is 29.2 Å². The highest BCUT2D eigenvalue weighted by Gasteiger charge is 2.24. The van der Waals surface area contributed by atoms with E-state index >= 15 is 0 Å². The number of carbonyl (C=O) groups excluding carboxylic acids is 1. The van der Waals surface area contributed by atoms with Crippen LogP contribution in [0.2, 0.25) is 0 Å². The molecular weight excluding hydrogens is 304 g/mol. The average molecular weight is 328 g/mol. The van der Waals surface area contributed by atoms with Crippen LogP contribution in [-0.2, 0) is 16.1 Å². The number of amides is 1. The molecule has 24 heavy (non-hydrogen) atoms. The van der Waals surface area contributed by atoms with Gasteiger partial charge in [-0.2, -0.15) is 5.10 Å². The lowest BCUT2D eigenvalue weighted by atomic mass is 10.1. The average Bonchev–Trinajstić information content (AvgIpc) is 2.91. The Morgan fingerprint density at radius 1 is 1.38 bits per heavy atom. The van der Waals surface area contributed by atoms with Crippen LogP contribution in [0.3, 0.4) is 0 Å². The normalized spacial score (nSPS) is 18.5. The lowest BCUT2D eigenvalue weighted by Gasteiger charge is -2.29. The van der Waals surface area contributed by atoms with E-state index in [-0.39, 0.29) is 5.91 Å². The molecule has 6 heteroatoms. The van der Waals surface area contributed by atoms with Gasteiger partial charge in [0.1, 0.15) is 6.10 Å². The van der Waals surface area contributed by atoms with Crippen LogP contribution < -0.4 is 5.32 Å². The number of nitrogens with one attached hydrogen (secondary N) is 1. The van der Waals surface area contributed by atoms with Crippen molar-refractivity contribution in [3.63, 3.8) is 0 Å². The van der Waals surface area contributed by atoms with Gasteiger partial charge < -0.3 is 15.0 Å². The molecule has 1 N–H and O–H groups in total. The second-order valence-corrected chi connectivity index (χ2v) is 6.31. The molecule has 3 rings (SSSR count). The number of hydrogen-bond donors (Lipinski definition) is 1. The zero-order chi connectivity index (χ0) is 17.1. The van der Waals surface area contributed by atoms with E-state index in [1.807, 2.05) is 55.9 Å². The maximum Gasteiger partial charge on any atom is 0.250 e. The van der Waals surface area contributed by atoms with Crippen molar-refractivity contribution in [2.45, 2.75) is 26.5 Å². The summed E-state index contributed by atoms with van der Waals surface area (Å²) in [6.07, 6.45) is -0.399. The predicted molar refractivity (Wildman–Crippen MR) is 92.1 cm³/mol. The summed E-state index contributed by atoms with van der Waals surface area (Å²) in [6.45, 7) is 6.55. The topological polar surface area (TPSA) is 59.4 Å². The summed E-state index contributed by atoms with van der Waals surface area (Å²) >= 11 is 0. The van der Waals surface area contributed by atoms with Crippen molar-refractivity contribution in [1.29, 1.82) is 0 Å². The Kier molecular flexibility index (Phi) is 4.97. The van der Waals surface area contributed by atoms with Crippen molar-refractivity contribution in [3.05, 3.63) is 47.3 Å². The van der Waals surface area contributed by atoms with Crippen LogP contribution in [-0.4, -0.2) is 53.4 Å². The highest BCUT2D eigenvalue weighted by molar-refractivity contribution is 5.81. The molecule has 1 aliphatic rings. The Morgan fingerprint density at radius 2 is 2.17 bits per heavy atom. The first-order valence-electron chi connectivity index (χ1n) is 8.24. The molecule has 1 atom stereocenters. The van der Waals surface area contributed by atoms with Crippen molar-refractivity contribution < 1.29 is 9.53 Å². The van der Waals surface area contributed by atoms with Gasteiger partial charge in [-0.25, -0.2) is 4.68 Å². The predicted octanol–water partition coefficient (Wildman–Crippen LogP) is 1.44. The fourth-order valence-electron chi connectivity index (χ4n) is 2.97. The van der Waals surface area contributed by atoms with Crippen LogP contribution >= 0.6 is 0 Å². The highest BCUT2D eigenvalue weighted by Crippen LogP contribution is 2.17. The molecule has 128 valence electrons. The zero-order valence-electron chi connectivity index (χ0n) is 14.5. The summed E-state index contributed by atoms with van der Waals surface area (Å²) in [5.74, 6) is -0.0651. The summed E-state index contributed by atoms with van der Waals surface area (Å²) in [5, 5.41) is 7.53. The van der Waals surface area contributed by atoms with Crippen LogP contribution in [0.1, 0.15) is 17.0 Å². The molecule has 1 aromatic carbocycles. The Balaban J connectivity index is 1.72. The third-order valence-corrected chi connectivity index (χ3v) is 4.24. The first kappa shape index (κ1) is 16.7. The van der Waals surface area contributed by atoms with Gasteiger partial charge in [-0.15, -0.1) is 0 Å². The SMILES string of the molecule is Cc1cc(C)n(-c2ccccc2CNC(=O)C2CN(C)CCO2)n1. The Hall–Kier alpha value is -2.18. The van der Waals surface area contributed by atoms with E-state index < -0.39 is 6.10 Å². The monoisotopic (exact) mass is 328 g/mol. The number of aromatic nitrogens is 2. The third kappa shape index (κ3) is 3.66. The number of aryl methyl sites for hydroxylation is 2. The van der Waals surface area contributed by atoms with Gasteiger partial charge in [0, 0.05) is 25.3 Å². The number of rotatable bonds is 4. The first-order chi connectivity index (χ1) is 11.5. The molecule has 0 spiro atoms. The summed E-state index contributed by atoms with van der Waals surface area (Å²) < 4.78 is 7.48. The van der Waals surface area contributed by atoms with Crippen LogP contribution in [0.4, 0.5) is 0 Å². The minimum Gasteiger partial charge on any atom is -0.366 e. The Labute approximate surface area is 142 Å². The molecule has 1 aliphatic heterocycles. The van der Waals surface area contributed by atoms with Gasteiger partial charge in [-0.3, -0.25) is 4.79 Å². The van der Waals surface area contributed by atoms with Gasteiger partial charge in [0.05, 0.1) is 18.0 Å². The molecule has 0 bridgehead atoms. The minimum absolute atomic E-state index is 0.0651. The first-order valence-corrected chi connectivity index (χ1v) is 8.24. The maximum absolute atomic E-state index is 12.4. The van der Waals surface area contributed by atoms with Crippen molar-refractivity contribution in [2.24, 2.45) is 0 Å². The Bertz CT molecular complexity index is 726. The van der Waals surface area contributed by atoms with E-state index in [4.69, 9.17) is 4.74 Å². The lowest BCUT2D eigenvalue weighted by Crippen LogP contribution is -2.48. The molecule has 6 nitrogen and oxygen atoms in total. The number of para-hydroxylation sites is 1. The quantitative estimate of drug-likeness (QED) is 0.922. The number of hydrogen-bond acceptors (Lipinski definition) is 4. The molecule has 2 aromatic rings. The minimum atomic E-state index is -0.399. The summed E-state index contributed by atoms with van der Waals surface area (Å²) in [4.78, 5) is 14.5. The number of ether oxygens (including phenoxy) is 1. The largest absolute Gasteiger partial charge is 0.366 e. The van der Waals surface area contributed by atoms with Gasteiger partial charge in [0.15, 0.2) is 0 Å². The van der Waals surface area contributed by atoms with Crippen molar-refractivity contribution >= 4 is 5.91 Å². The van der Waals surface area contributed by atoms with Crippen LogP contribution in [0, 0.1) is 13.8 Å². The van der Waals surface area contributed by atoms with E-state index in [1.54, 1.807) is 0 Å². The molecule has 0 aliphatic carbocycles. The molecule has 0 radical (unpaired) electrons. The van der Waals surface area contributed by atoms with Gasteiger partial charge in [-0.1, -0.05) is 18.2 Å². The summed E-state index contributed by atoms with van der Waals surface area (Å²) in [7, 11) is 2.00. The van der Waals surface area contributed by atoms with Crippen LogP contribution in [0.25, 0.3) is 5.69 Å². The molecule has 2 heterocycles. The fraction of sp³-hybridized carbons (Fsp3) is 0.444. The number of morpholine rings is 1. The van der Waals surface area contributed by atoms with Crippen molar-refractivity contribution in [1.82, 2.24) is 20.0 Å². The number of nitrogens with zero attached hydrogens (tertiary/aromatic N) is 3. The fourth-order valence-corrected chi connectivity index (χ4v) is 2.97. The lowest BCUT2D eigenvalue weighted by molar-refractivity contribution is -0.137. The molecule has 1 aromatic heterocycles. The molecular formula is C18H24N4O2. The molecule has 1 saturated heterocycles. The number of likely N-dealkylation sites (N-methyl/N-ethyl adjacent to an activating group) is 1.